The van der Waals surface area contributed by atoms with Gasteiger partial charge in [-0.25, -0.2) is 13.5 Å². The van der Waals surface area contributed by atoms with Crippen LogP contribution in [0.4, 0.5) is 14.5 Å². The molecule has 5 nitrogen and oxygen atoms in total. The molecule has 1 N–H and O–H groups in total. The zero-order valence-corrected chi connectivity index (χ0v) is 14.9. The molecule has 1 aliphatic rings. The van der Waals surface area contributed by atoms with Crippen LogP contribution in [0.15, 0.2) is 54.7 Å². The zero-order chi connectivity index (χ0) is 18.6. The van der Waals surface area contributed by atoms with E-state index < -0.39 is 0 Å². The molecule has 27 heavy (non-hydrogen) atoms. The first-order valence-corrected chi connectivity index (χ1v) is 9.09. The van der Waals surface area contributed by atoms with Crippen molar-refractivity contribution in [3.05, 3.63) is 72.1 Å². The number of anilines is 1. The highest BCUT2D eigenvalue weighted by Crippen LogP contribution is 2.23. The molecule has 0 saturated carbocycles. The molecule has 1 aromatic heterocycles. The fraction of sp³-hybridized carbons (Fsp3) is 0.300. The summed E-state index contributed by atoms with van der Waals surface area (Å²) in [6.45, 7) is 2.20. The minimum Gasteiger partial charge on any atom is -0.368 e. The van der Waals surface area contributed by atoms with Gasteiger partial charge in [-0.3, -0.25) is 0 Å². The van der Waals surface area contributed by atoms with E-state index in [1.165, 1.54) is 18.2 Å². The average Bonchev–Trinajstić information content (AvgIpc) is 3.17. The number of nitrogens with zero attached hydrogens (tertiary/aromatic N) is 4. The number of hydrogen-bond donors (Lipinski definition) is 1. The fourth-order valence-electron chi connectivity index (χ4n) is 3.42. The van der Waals surface area contributed by atoms with Crippen molar-refractivity contribution in [2.45, 2.75) is 25.4 Å². The van der Waals surface area contributed by atoms with E-state index in [1.54, 1.807) is 22.9 Å². The van der Waals surface area contributed by atoms with Gasteiger partial charge in [0.15, 0.2) is 0 Å². The van der Waals surface area contributed by atoms with E-state index in [1.807, 2.05) is 18.3 Å². The lowest BCUT2D eigenvalue weighted by Crippen LogP contribution is -2.45. The van der Waals surface area contributed by atoms with E-state index in [0.29, 0.717) is 12.2 Å². The Hall–Kier alpha value is -2.80. The fourth-order valence-corrected chi connectivity index (χ4v) is 3.42. The van der Waals surface area contributed by atoms with Crippen LogP contribution >= 0.6 is 0 Å². The van der Waals surface area contributed by atoms with Crippen molar-refractivity contribution in [3.8, 4) is 5.69 Å². The summed E-state index contributed by atoms with van der Waals surface area (Å²) < 4.78 is 28.7. The molecule has 1 saturated heterocycles. The second-order valence-electron chi connectivity index (χ2n) is 6.75. The Morgan fingerprint density at radius 3 is 2.70 bits per heavy atom. The van der Waals surface area contributed by atoms with Gasteiger partial charge < -0.3 is 10.2 Å². The van der Waals surface area contributed by atoms with Gasteiger partial charge in [-0.2, -0.15) is 0 Å². The molecule has 0 radical (unpaired) electrons. The van der Waals surface area contributed by atoms with E-state index >= 15 is 0 Å². The van der Waals surface area contributed by atoms with Gasteiger partial charge in [0.05, 0.1) is 23.3 Å². The SMILES string of the molecule is Fc1ccc(-n2cc(CNC3CCCN(c4ccccc4F)C3)nn2)cc1. The van der Waals surface area contributed by atoms with Crippen molar-refractivity contribution in [1.29, 1.82) is 0 Å². The van der Waals surface area contributed by atoms with Crippen LogP contribution in [0, 0.1) is 11.6 Å². The van der Waals surface area contributed by atoms with E-state index in [-0.39, 0.29) is 17.7 Å². The molecule has 0 amide bonds. The Balaban J connectivity index is 1.36. The van der Waals surface area contributed by atoms with E-state index in [2.05, 4.69) is 20.5 Å². The lowest BCUT2D eigenvalue weighted by molar-refractivity contribution is 0.416. The largest absolute Gasteiger partial charge is 0.368 e. The molecular formula is C20H21F2N5. The molecule has 1 fully saturated rings. The number of aromatic nitrogens is 3. The summed E-state index contributed by atoms with van der Waals surface area (Å²) in [5, 5.41) is 11.8. The van der Waals surface area contributed by atoms with Crippen LogP contribution in [0.5, 0.6) is 0 Å². The van der Waals surface area contributed by atoms with Gasteiger partial charge in [-0.15, -0.1) is 5.10 Å². The molecule has 140 valence electrons. The van der Waals surface area contributed by atoms with Gasteiger partial charge in [0.2, 0.25) is 0 Å². The molecule has 7 heteroatoms. The number of benzene rings is 2. The molecule has 3 aromatic rings. The van der Waals surface area contributed by atoms with Crippen molar-refractivity contribution < 1.29 is 8.78 Å². The van der Waals surface area contributed by atoms with Crippen LogP contribution in [0.25, 0.3) is 5.69 Å². The van der Waals surface area contributed by atoms with Crippen molar-refractivity contribution >= 4 is 5.69 Å². The third kappa shape index (κ3) is 4.14. The topological polar surface area (TPSA) is 46.0 Å². The van der Waals surface area contributed by atoms with Crippen molar-refractivity contribution in [2.24, 2.45) is 0 Å². The predicted molar refractivity (Wildman–Crippen MR) is 99.8 cm³/mol. The van der Waals surface area contributed by atoms with Crippen molar-refractivity contribution in [1.82, 2.24) is 20.3 Å². The lowest BCUT2D eigenvalue weighted by Gasteiger charge is -2.35. The predicted octanol–water partition coefficient (Wildman–Crippen LogP) is 3.30. The maximum atomic E-state index is 14.0. The van der Waals surface area contributed by atoms with Crippen LogP contribution in [0.3, 0.4) is 0 Å². The van der Waals surface area contributed by atoms with Gasteiger partial charge in [0.1, 0.15) is 11.6 Å². The highest BCUT2D eigenvalue weighted by Gasteiger charge is 2.21. The zero-order valence-electron chi connectivity index (χ0n) is 14.9. The molecular weight excluding hydrogens is 348 g/mol. The number of para-hydroxylation sites is 1. The third-order valence-corrected chi connectivity index (χ3v) is 4.82. The smallest absolute Gasteiger partial charge is 0.146 e. The second kappa shape index (κ2) is 7.84. The molecule has 2 heterocycles. The molecule has 0 spiro atoms. The average molecular weight is 369 g/mol. The van der Waals surface area contributed by atoms with Crippen LogP contribution in [-0.4, -0.2) is 34.1 Å². The quantitative estimate of drug-likeness (QED) is 0.750. The van der Waals surface area contributed by atoms with E-state index in [0.717, 1.165) is 37.3 Å². The van der Waals surface area contributed by atoms with Crippen molar-refractivity contribution in [2.75, 3.05) is 18.0 Å². The summed E-state index contributed by atoms with van der Waals surface area (Å²) in [6, 6.07) is 13.3. The number of rotatable bonds is 5. The normalized spacial score (nSPS) is 17.3. The van der Waals surface area contributed by atoms with Gasteiger partial charge >= 0.3 is 0 Å². The Labute approximate surface area is 156 Å². The maximum Gasteiger partial charge on any atom is 0.146 e. The first-order valence-electron chi connectivity index (χ1n) is 9.09. The number of nitrogens with one attached hydrogen (secondary N) is 1. The number of halogens is 2. The summed E-state index contributed by atoms with van der Waals surface area (Å²) in [4.78, 5) is 2.09. The third-order valence-electron chi connectivity index (χ3n) is 4.82. The van der Waals surface area contributed by atoms with Gasteiger partial charge in [-0.05, 0) is 49.2 Å². The summed E-state index contributed by atoms with van der Waals surface area (Å²) in [5.74, 6) is -0.460. The molecule has 1 aliphatic heterocycles. The Kier molecular flexibility index (Phi) is 5.11. The number of hydrogen-bond acceptors (Lipinski definition) is 4. The number of piperidine rings is 1. The Morgan fingerprint density at radius 2 is 1.89 bits per heavy atom. The highest BCUT2D eigenvalue weighted by atomic mass is 19.1. The molecule has 0 aliphatic carbocycles. The van der Waals surface area contributed by atoms with E-state index in [9.17, 15) is 8.78 Å². The summed E-state index contributed by atoms with van der Waals surface area (Å²) in [6.07, 6.45) is 3.88. The molecule has 1 atom stereocenters. The molecule has 2 aromatic carbocycles. The first-order chi connectivity index (χ1) is 13.2. The van der Waals surface area contributed by atoms with Crippen LogP contribution < -0.4 is 10.2 Å². The van der Waals surface area contributed by atoms with Crippen LogP contribution in [0.1, 0.15) is 18.5 Å². The minimum absolute atomic E-state index is 0.180. The van der Waals surface area contributed by atoms with Gasteiger partial charge in [-0.1, -0.05) is 17.3 Å². The van der Waals surface area contributed by atoms with Gasteiger partial charge in [0, 0.05) is 25.7 Å². The van der Waals surface area contributed by atoms with Gasteiger partial charge in [0.25, 0.3) is 0 Å². The van der Waals surface area contributed by atoms with Crippen LogP contribution in [0.2, 0.25) is 0 Å². The lowest BCUT2D eigenvalue weighted by atomic mass is 10.0. The summed E-state index contributed by atoms with van der Waals surface area (Å²) in [5.41, 5.74) is 2.23. The Bertz CT molecular complexity index is 893. The second-order valence-corrected chi connectivity index (χ2v) is 6.75. The Morgan fingerprint density at radius 1 is 1.07 bits per heavy atom. The standard InChI is InChI=1S/C20H21F2N5/c21-15-7-9-18(10-8-15)27-14-17(24-25-27)12-23-16-4-3-11-26(13-16)20-6-2-1-5-19(20)22/h1-2,5-10,14,16,23H,3-4,11-13H2. The first kappa shape index (κ1) is 17.6. The molecule has 0 bridgehead atoms. The summed E-state index contributed by atoms with van der Waals surface area (Å²) >= 11 is 0. The minimum atomic E-state index is -0.280. The van der Waals surface area contributed by atoms with E-state index in [4.69, 9.17) is 0 Å². The molecule has 4 rings (SSSR count). The van der Waals surface area contributed by atoms with Crippen LogP contribution in [-0.2, 0) is 6.54 Å². The van der Waals surface area contributed by atoms with Crippen molar-refractivity contribution in [3.63, 3.8) is 0 Å². The maximum absolute atomic E-state index is 14.0. The summed E-state index contributed by atoms with van der Waals surface area (Å²) in [7, 11) is 0. The monoisotopic (exact) mass is 369 g/mol. The highest BCUT2D eigenvalue weighted by molar-refractivity contribution is 5.48. The molecule has 1 unspecified atom stereocenters.